The lowest BCUT2D eigenvalue weighted by Crippen LogP contribution is -2.08. The highest BCUT2D eigenvalue weighted by Crippen LogP contribution is 2.06. The van der Waals surface area contributed by atoms with Gasteiger partial charge in [0.15, 0.2) is 0 Å². The van der Waals surface area contributed by atoms with Crippen molar-refractivity contribution in [3.8, 4) is 0 Å². The van der Waals surface area contributed by atoms with Crippen molar-refractivity contribution in [1.82, 2.24) is 0 Å². The third kappa shape index (κ3) is 9.60. The summed E-state index contributed by atoms with van der Waals surface area (Å²) in [6.07, 6.45) is 6.04. The quantitative estimate of drug-likeness (QED) is 0.363. The number of unbranched alkanes of at least 4 members (excludes halogenated alkanes) is 4. The van der Waals surface area contributed by atoms with Gasteiger partial charge in [0.1, 0.15) is 0 Å². The first kappa shape index (κ1) is 15.7. The molecule has 0 radical (unpaired) electrons. The van der Waals surface area contributed by atoms with Crippen LogP contribution in [0.15, 0.2) is 12.2 Å². The van der Waals surface area contributed by atoms with Crippen LogP contribution in [0.5, 0.6) is 0 Å². The normalized spacial score (nSPS) is 9.94. The molecule has 0 saturated carbocycles. The van der Waals surface area contributed by atoms with Crippen molar-refractivity contribution in [2.24, 2.45) is 0 Å². The van der Waals surface area contributed by atoms with Crippen molar-refractivity contribution in [3.05, 3.63) is 12.2 Å². The van der Waals surface area contributed by atoms with Crippen LogP contribution < -0.4 is 0 Å². The molecule has 0 fully saturated rings. The number of esters is 1. The maximum Gasteiger partial charge on any atom is 0.331 e. The highest BCUT2D eigenvalue weighted by atomic mass is 16.5. The molecule has 0 saturated heterocycles. The van der Waals surface area contributed by atoms with E-state index in [0.29, 0.717) is 6.42 Å². The van der Waals surface area contributed by atoms with Gasteiger partial charge in [0, 0.05) is 18.4 Å². The number of hydrogen-bond acceptors (Lipinski definition) is 3. The van der Waals surface area contributed by atoms with E-state index in [0.717, 1.165) is 19.3 Å². The lowest BCUT2D eigenvalue weighted by atomic mass is 10.1. The highest BCUT2D eigenvalue weighted by molar-refractivity contribution is 5.85. The Hall–Kier alpha value is -1.32. The van der Waals surface area contributed by atoms with E-state index in [1.165, 1.54) is 12.8 Å². The summed E-state index contributed by atoms with van der Waals surface area (Å²) in [4.78, 5) is 21.6. The zero-order valence-corrected chi connectivity index (χ0v) is 10.5. The van der Waals surface area contributed by atoms with Crippen molar-refractivity contribution < 1.29 is 19.4 Å². The lowest BCUT2D eigenvalue weighted by Gasteiger charge is -2.04. The third-order valence-electron chi connectivity index (χ3n) is 2.45. The molecule has 0 aromatic heterocycles. The summed E-state index contributed by atoms with van der Waals surface area (Å²) in [5, 5.41) is 8.53. The summed E-state index contributed by atoms with van der Waals surface area (Å²) in [5.74, 6) is -1.29. The first-order valence-corrected chi connectivity index (χ1v) is 6.14. The molecule has 17 heavy (non-hydrogen) atoms. The molecule has 0 amide bonds. The molecule has 1 N–H and O–H groups in total. The van der Waals surface area contributed by atoms with Crippen LogP contribution in [0.1, 0.15) is 51.9 Å². The Bertz CT molecular complexity index is 258. The second-order valence-electron chi connectivity index (χ2n) is 4.04. The predicted octanol–water partition coefficient (Wildman–Crippen LogP) is 2.92. The molecule has 0 spiro atoms. The smallest absolute Gasteiger partial charge is 0.331 e. The van der Waals surface area contributed by atoms with Gasteiger partial charge in [-0.1, -0.05) is 39.2 Å². The molecular weight excluding hydrogens is 220 g/mol. The minimum absolute atomic E-state index is 0.0701. The maximum absolute atomic E-state index is 11.2. The van der Waals surface area contributed by atoms with Crippen LogP contribution in [0, 0.1) is 0 Å². The maximum atomic E-state index is 11.2. The summed E-state index contributed by atoms with van der Waals surface area (Å²) in [6, 6.07) is 0. The summed E-state index contributed by atoms with van der Waals surface area (Å²) < 4.78 is 4.91. The summed E-state index contributed by atoms with van der Waals surface area (Å²) in [5.41, 5.74) is 0.0701. The number of carboxylic acid groups (broad SMARTS) is 1. The van der Waals surface area contributed by atoms with Crippen LogP contribution in [-0.4, -0.2) is 23.7 Å². The third-order valence-corrected chi connectivity index (χ3v) is 2.45. The van der Waals surface area contributed by atoms with E-state index in [2.05, 4.69) is 13.5 Å². The first-order valence-electron chi connectivity index (χ1n) is 6.14. The molecule has 4 nitrogen and oxygen atoms in total. The Morgan fingerprint density at radius 1 is 1.12 bits per heavy atom. The Morgan fingerprint density at radius 2 is 1.76 bits per heavy atom. The van der Waals surface area contributed by atoms with Crippen LogP contribution >= 0.6 is 0 Å². The second-order valence-corrected chi connectivity index (χ2v) is 4.04. The van der Waals surface area contributed by atoms with Crippen LogP contribution in [0.4, 0.5) is 0 Å². The monoisotopic (exact) mass is 242 g/mol. The van der Waals surface area contributed by atoms with E-state index in [9.17, 15) is 9.59 Å². The fourth-order valence-electron chi connectivity index (χ4n) is 1.34. The number of aliphatic carboxylic acids is 1. The van der Waals surface area contributed by atoms with Gasteiger partial charge in [-0.2, -0.15) is 0 Å². The molecule has 4 heteroatoms. The summed E-state index contributed by atoms with van der Waals surface area (Å²) in [7, 11) is 0. The van der Waals surface area contributed by atoms with Crippen molar-refractivity contribution in [2.75, 3.05) is 6.61 Å². The minimum Gasteiger partial charge on any atom is -0.478 e. The topological polar surface area (TPSA) is 63.6 Å². The molecule has 0 aliphatic carbocycles. The number of ether oxygens (including phenoxy) is 1. The first-order chi connectivity index (χ1) is 8.07. The van der Waals surface area contributed by atoms with Gasteiger partial charge in [-0.15, -0.1) is 0 Å². The van der Waals surface area contributed by atoms with Crippen LogP contribution in [0.3, 0.4) is 0 Å². The number of carbonyl (C=O) groups is 2. The fourth-order valence-corrected chi connectivity index (χ4v) is 1.34. The van der Waals surface area contributed by atoms with Gasteiger partial charge >= 0.3 is 11.9 Å². The zero-order valence-electron chi connectivity index (χ0n) is 10.5. The van der Waals surface area contributed by atoms with Gasteiger partial charge in [-0.3, -0.25) is 4.79 Å². The van der Waals surface area contributed by atoms with Crippen LogP contribution in [-0.2, 0) is 14.3 Å². The average Bonchev–Trinajstić information content (AvgIpc) is 2.28. The zero-order chi connectivity index (χ0) is 13.1. The van der Waals surface area contributed by atoms with E-state index in [-0.39, 0.29) is 24.6 Å². The van der Waals surface area contributed by atoms with Crippen LogP contribution in [0.25, 0.3) is 0 Å². The average molecular weight is 242 g/mol. The van der Waals surface area contributed by atoms with Crippen molar-refractivity contribution in [2.45, 2.75) is 51.9 Å². The number of hydrogen-bond donors (Lipinski definition) is 1. The molecule has 0 unspecified atom stereocenters. The Labute approximate surface area is 103 Å². The van der Waals surface area contributed by atoms with E-state index >= 15 is 0 Å². The van der Waals surface area contributed by atoms with E-state index < -0.39 is 5.97 Å². The van der Waals surface area contributed by atoms with E-state index in [1.807, 2.05) is 0 Å². The summed E-state index contributed by atoms with van der Waals surface area (Å²) >= 11 is 0. The van der Waals surface area contributed by atoms with Crippen LogP contribution in [0.2, 0.25) is 0 Å². The van der Waals surface area contributed by atoms with Gasteiger partial charge in [0.2, 0.25) is 0 Å². The van der Waals surface area contributed by atoms with Gasteiger partial charge in [0.05, 0.1) is 6.61 Å². The number of carboxylic acids is 1. The fraction of sp³-hybridized carbons (Fsp3) is 0.692. The lowest BCUT2D eigenvalue weighted by molar-refractivity contribution is -0.144. The standard InChI is InChI=1S/C13H22O4/c1-3-4-5-6-7-8-12(14)17-10-9-11(2)13(15)16/h2-10H2,1H3,(H,15,16). The summed E-state index contributed by atoms with van der Waals surface area (Å²) in [6.45, 7) is 5.61. The SMILES string of the molecule is C=C(CCOC(=O)CCCCCCC)C(=O)O. The Kier molecular flexibility index (Phi) is 9.11. The molecule has 98 valence electrons. The highest BCUT2D eigenvalue weighted by Gasteiger charge is 2.06. The largest absolute Gasteiger partial charge is 0.478 e. The molecule has 0 heterocycles. The van der Waals surface area contributed by atoms with Gasteiger partial charge in [-0.05, 0) is 6.42 Å². The van der Waals surface area contributed by atoms with Crippen molar-refractivity contribution >= 4 is 11.9 Å². The Balaban J connectivity index is 3.41. The van der Waals surface area contributed by atoms with Gasteiger partial charge < -0.3 is 9.84 Å². The molecular formula is C13H22O4. The van der Waals surface area contributed by atoms with Gasteiger partial charge in [0.25, 0.3) is 0 Å². The van der Waals surface area contributed by atoms with Gasteiger partial charge in [-0.25, -0.2) is 4.79 Å². The van der Waals surface area contributed by atoms with E-state index in [4.69, 9.17) is 9.84 Å². The molecule has 0 aliphatic rings. The van der Waals surface area contributed by atoms with Crippen molar-refractivity contribution in [3.63, 3.8) is 0 Å². The predicted molar refractivity (Wildman–Crippen MR) is 65.7 cm³/mol. The molecule has 0 aromatic rings. The molecule has 0 rings (SSSR count). The molecule has 0 bridgehead atoms. The molecule has 0 atom stereocenters. The molecule has 0 aliphatic heterocycles. The second kappa shape index (κ2) is 9.87. The molecule has 0 aromatic carbocycles. The number of rotatable bonds is 10. The Morgan fingerprint density at radius 3 is 2.35 bits per heavy atom. The minimum atomic E-state index is -1.04. The number of carbonyl (C=O) groups excluding carboxylic acids is 1. The van der Waals surface area contributed by atoms with E-state index in [1.54, 1.807) is 0 Å². The van der Waals surface area contributed by atoms with Crippen molar-refractivity contribution in [1.29, 1.82) is 0 Å².